The van der Waals surface area contributed by atoms with E-state index in [0.717, 1.165) is 11.3 Å². The maximum absolute atomic E-state index is 7.50. The number of rotatable bonds is 4. The van der Waals surface area contributed by atoms with Gasteiger partial charge in [0.25, 0.3) is 0 Å². The third kappa shape index (κ3) is 13.4. The molecule has 0 aliphatic rings. The van der Waals surface area contributed by atoms with E-state index in [-0.39, 0.29) is 5.82 Å². The molecule has 0 radical (unpaired) electrons. The number of nitrogens with zero attached hydrogens (tertiary/aromatic N) is 2. The Kier molecular flexibility index (Phi) is 27.7. The van der Waals surface area contributed by atoms with Gasteiger partial charge in [0, 0.05) is 0 Å². The van der Waals surface area contributed by atoms with Crippen molar-refractivity contribution in [1.29, 1.82) is 0 Å². The van der Waals surface area contributed by atoms with Crippen LogP contribution >= 0.6 is 34.8 Å². The van der Waals surface area contributed by atoms with Gasteiger partial charge in [0.05, 0.1) is 0 Å². The number of methoxy groups -OCH3 is 2. The Hall–Kier alpha value is -1.97. The summed E-state index contributed by atoms with van der Waals surface area (Å²) in [6.45, 7) is 22.5. The molecular formula is C19H11Cl3CrN2O7. The third-order valence-corrected chi connectivity index (χ3v) is 3.92. The zero-order valence-corrected chi connectivity index (χ0v) is 19.7. The SMILES string of the molecule is CO[C](=[Cr])c1cnc(C(Cl)(Cl)Cl)nc1-c1ccc(OC)cc1.[C-]#[O+].[C-]#[O+].[C-]#[O+].[C-]#[O+].[C-]#[O+]. The van der Waals surface area contributed by atoms with Gasteiger partial charge in [-0.15, -0.1) is 0 Å². The molecule has 0 fully saturated rings. The fourth-order valence-electron chi connectivity index (χ4n) is 1.75. The topological polar surface area (TPSA) is 144 Å². The van der Waals surface area contributed by atoms with Gasteiger partial charge in [0.1, 0.15) is 0 Å². The van der Waals surface area contributed by atoms with Crippen LogP contribution in [0.1, 0.15) is 11.4 Å². The summed E-state index contributed by atoms with van der Waals surface area (Å²) in [6.07, 6.45) is 1.55. The van der Waals surface area contributed by atoms with Gasteiger partial charge in [-0.05, 0) is 0 Å². The molecule has 0 unspecified atom stereocenters. The van der Waals surface area contributed by atoms with Crippen molar-refractivity contribution in [2.75, 3.05) is 14.2 Å². The standard InChI is InChI=1S/C14H11Cl3N2O2.5CO.Cr/c1-20-8-10-7-18-13(14(15,16)17)19-12(10)9-3-5-11(21-2)6-4-9;5*1-2;/h3-7H,1-2H3;;;;;;. The fourth-order valence-corrected chi connectivity index (χ4v) is 2.25. The molecule has 1 aromatic heterocycles. The van der Waals surface area contributed by atoms with Crippen LogP contribution in [0.5, 0.6) is 5.75 Å². The predicted molar refractivity (Wildman–Crippen MR) is 104 cm³/mol. The number of halogens is 3. The molecule has 2 aromatic rings. The van der Waals surface area contributed by atoms with Crippen molar-refractivity contribution in [3.05, 3.63) is 75.1 Å². The number of benzene rings is 1. The zero-order chi connectivity index (χ0) is 26.3. The molecule has 0 saturated carbocycles. The van der Waals surface area contributed by atoms with E-state index in [1.807, 2.05) is 24.3 Å². The van der Waals surface area contributed by atoms with Gasteiger partial charge in [-0.25, -0.2) is 0 Å². The van der Waals surface area contributed by atoms with Crippen molar-refractivity contribution in [2.45, 2.75) is 3.79 Å². The van der Waals surface area contributed by atoms with E-state index in [1.54, 1.807) is 20.4 Å². The van der Waals surface area contributed by atoms with Crippen LogP contribution in [0.4, 0.5) is 0 Å². The molecule has 1 aromatic carbocycles. The summed E-state index contributed by atoms with van der Waals surface area (Å²) < 4.78 is 46.7. The van der Waals surface area contributed by atoms with Gasteiger partial charge in [-0.1, -0.05) is 0 Å². The van der Waals surface area contributed by atoms with Gasteiger partial charge in [-0.2, -0.15) is 0 Å². The van der Waals surface area contributed by atoms with E-state index in [4.69, 9.17) is 67.5 Å². The van der Waals surface area contributed by atoms with E-state index < -0.39 is 3.79 Å². The maximum atomic E-state index is 7.50. The summed E-state index contributed by atoms with van der Waals surface area (Å²) in [7, 11) is 3.15. The van der Waals surface area contributed by atoms with Gasteiger partial charge in [-0.3, -0.25) is 0 Å². The molecule has 9 nitrogen and oxygen atoms in total. The number of hydrogen-bond donors (Lipinski definition) is 0. The van der Waals surface area contributed by atoms with Gasteiger partial charge < -0.3 is 0 Å². The predicted octanol–water partition coefficient (Wildman–Crippen LogP) is 3.46. The van der Waals surface area contributed by atoms with Crippen molar-refractivity contribution in [3.63, 3.8) is 0 Å². The summed E-state index contributed by atoms with van der Waals surface area (Å²) in [4.78, 5) is 8.46. The Morgan fingerprint density at radius 2 is 1.31 bits per heavy atom. The average molecular weight is 538 g/mol. The first-order valence-corrected chi connectivity index (χ1v) is 8.83. The molecule has 0 aliphatic heterocycles. The molecule has 0 atom stereocenters. The number of hydrogen-bond acceptors (Lipinski definition) is 4. The van der Waals surface area contributed by atoms with Gasteiger partial charge >= 0.3 is 208 Å². The molecule has 2 rings (SSSR count). The van der Waals surface area contributed by atoms with Crippen LogP contribution in [0.3, 0.4) is 0 Å². The van der Waals surface area contributed by atoms with Crippen LogP contribution in [0.15, 0.2) is 30.5 Å². The molecule has 0 N–H and O–H groups in total. The molecule has 0 aliphatic carbocycles. The molecule has 1 heterocycles. The monoisotopic (exact) mass is 536 g/mol. The molecule has 0 amide bonds. The third-order valence-electron chi connectivity index (χ3n) is 2.81. The molecule has 32 heavy (non-hydrogen) atoms. The molecule has 166 valence electrons. The van der Waals surface area contributed by atoms with Crippen LogP contribution in [-0.2, 0) is 47.6 Å². The Labute approximate surface area is 207 Å². The average Bonchev–Trinajstić information content (AvgIpc) is 2.88. The molecule has 13 heteroatoms. The molecular weight excluding hydrogens is 527 g/mol. The zero-order valence-electron chi connectivity index (χ0n) is 16.2. The Bertz CT molecular complexity index is 872. The first-order chi connectivity index (χ1) is 15.4. The Morgan fingerprint density at radius 3 is 1.66 bits per heavy atom. The van der Waals surface area contributed by atoms with E-state index >= 15 is 0 Å². The second kappa shape index (κ2) is 23.7. The van der Waals surface area contributed by atoms with Gasteiger partial charge in [0.15, 0.2) is 0 Å². The second-order valence-corrected chi connectivity index (χ2v) is 7.03. The minimum absolute atomic E-state index is 0.0935. The first kappa shape index (κ1) is 37.4. The van der Waals surface area contributed by atoms with Crippen molar-refractivity contribution < 1.29 is 48.6 Å². The van der Waals surface area contributed by atoms with Gasteiger partial charge in [0.2, 0.25) is 0 Å². The van der Waals surface area contributed by atoms with E-state index in [0.29, 0.717) is 15.8 Å². The Balaban J connectivity index is -0.000000345. The van der Waals surface area contributed by atoms with E-state index in [1.165, 1.54) is 0 Å². The van der Waals surface area contributed by atoms with Crippen molar-refractivity contribution >= 4 is 39.4 Å². The number of alkyl halides is 3. The van der Waals surface area contributed by atoms with Crippen LogP contribution in [-0.4, -0.2) is 28.8 Å². The van der Waals surface area contributed by atoms with Crippen LogP contribution < -0.4 is 4.74 Å². The summed E-state index contributed by atoms with van der Waals surface area (Å²) in [5.41, 5.74) is 2.08. The van der Waals surface area contributed by atoms with Crippen molar-refractivity contribution in [3.8, 4) is 17.0 Å². The summed E-state index contributed by atoms with van der Waals surface area (Å²) >= 11 is 20.4. The normalized spacial score (nSPS) is 8.09. The van der Waals surface area contributed by atoms with Crippen LogP contribution in [0.2, 0.25) is 0 Å². The summed E-state index contributed by atoms with van der Waals surface area (Å²) in [6, 6.07) is 7.36. The van der Waals surface area contributed by atoms with Crippen molar-refractivity contribution in [2.24, 2.45) is 0 Å². The molecule has 0 bridgehead atoms. The summed E-state index contributed by atoms with van der Waals surface area (Å²) in [5, 5.41) is 0. The number of ether oxygens (including phenoxy) is 2. The van der Waals surface area contributed by atoms with Crippen LogP contribution in [0.25, 0.3) is 11.3 Å². The second-order valence-electron chi connectivity index (χ2n) is 4.17. The molecule has 0 saturated heterocycles. The fraction of sp³-hybridized carbons (Fsp3) is 0.158. The van der Waals surface area contributed by atoms with E-state index in [9.17, 15) is 0 Å². The van der Waals surface area contributed by atoms with Crippen LogP contribution in [0, 0.1) is 33.3 Å². The Morgan fingerprint density at radius 1 is 0.875 bits per heavy atom. The minimum atomic E-state index is -1.70. The number of aromatic nitrogens is 2. The van der Waals surface area contributed by atoms with Crippen molar-refractivity contribution in [1.82, 2.24) is 9.97 Å². The first-order valence-electron chi connectivity index (χ1n) is 7.06. The summed E-state index contributed by atoms with van der Waals surface area (Å²) in [5.74, 6) is 0.830. The molecule has 0 spiro atoms. The quantitative estimate of drug-likeness (QED) is 0.334. The van der Waals surface area contributed by atoms with E-state index in [2.05, 4.69) is 59.1 Å².